The Kier molecular flexibility index (Phi) is 6.84. The number of hydrogen-bond acceptors (Lipinski definition) is 5. The number of likely N-dealkylation sites (tertiary alicyclic amines) is 1. The molecular formula is C20H20F6N4O3. The summed E-state index contributed by atoms with van der Waals surface area (Å²) in [6.07, 6.45) is -7.47. The highest BCUT2D eigenvalue weighted by Crippen LogP contribution is 2.41. The van der Waals surface area contributed by atoms with E-state index in [2.05, 4.69) is 10.3 Å². The first-order chi connectivity index (χ1) is 15.3. The molecule has 0 spiro atoms. The quantitative estimate of drug-likeness (QED) is 0.392. The van der Waals surface area contributed by atoms with Crippen molar-refractivity contribution in [1.29, 1.82) is 0 Å². The van der Waals surface area contributed by atoms with Crippen LogP contribution in [0.2, 0.25) is 0 Å². The molecule has 1 fully saturated rings. The van der Waals surface area contributed by atoms with Crippen molar-refractivity contribution < 1.29 is 41.0 Å². The number of carbonyl (C=O) groups is 1. The molecule has 180 valence electrons. The number of piperidine rings is 1. The first-order valence-corrected chi connectivity index (χ1v) is 9.81. The highest BCUT2D eigenvalue weighted by atomic mass is 19.4. The van der Waals surface area contributed by atoms with Crippen LogP contribution in [0.3, 0.4) is 0 Å². The van der Waals surface area contributed by atoms with Crippen molar-refractivity contribution in [3.8, 4) is 0 Å². The van der Waals surface area contributed by atoms with Crippen molar-refractivity contribution in [1.82, 2.24) is 9.88 Å². The van der Waals surface area contributed by atoms with Gasteiger partial charge >= 0.3 is 6.18 Å². The number of pyridine rings is 2. The van der Waals surface area contributed by atoms with Gasteiger partial charge in [0.1, 0.15) is 11.6 Å². The molecule has 0 radical (unpaired) electrons. The fourth-order valence-electron chi connectivity index (χ4n) is 3.58. The SMILES string of the molecule is CC(C(=O)Nc1ccc(F)cn1)N1CCC(F)(F)C(c2cc[n+]([O-])c(C(O)C(F)(F)F)c2)C1. The summed E-state index contributed by atoms with van der Waals surface area (Å²) in [5.41, 5.74) is -1.40. The average molecular weight is 478 g/mol. The summed E-state index contributed by atoms with van der Waals surface area (Å²) in [7, 11) is 0. The van der Waals surface area contributed by atoms with E-state index in [1.807, 2.05) is 0 Å². The van der Waals surface area contributed by atoms with Crippen LogP contribution in [-0.2, 0) is 4.79 Å². The van der Waals surface area contributed by atoms with Crippen molar-refractivity contribution in [2.45, 2.75) is 43.5 Å². The number of amides is 1. The fraction of sp³-hybridized carbons (Fsp3) is 0.450. The summed E-state index contributed by atoms with van der Waals surface area (Å²) in [5, 5.41) is 23.6. The fourth-order valence-corrected chi connectivity index (χ4v) is 3.58. The number of halogens is 6. The normalized spacial score (nSPS) is 20.8. The highest BCUT2D eigenvalue weighted by Gasteiger charge is 2.48. The van der Waals surface area contributed by atoms with Crippen LogP contribution in [0.4, 0.5) is 32.2 Å². The Labute approximate surface area is 184 Å². The first-order valence-electron chi connectivity index (χ1n) is 9.81. The van der Waals surface area contributed by atoms with Gasteiger partial charge in [-0.05, 0) is 24.6 Å². The van der Waals surface area contributed by atoms with E-state index in [0.29, 0.717) is 12.3 Å². The van der Waals surface area contributed by atoms with Crippen LogP contribution in [0.5, 0.6) is 0 Å². The molecule has 3 heterocycles. The topological polar surface area (TPSA) is 92.4 Å². The van der Waals surface area contributed by atoms with E-state index in [4.69, 9.17) is 0 Å². The van der Waals surface area contributed by atoms with Gasteiger partial charge in [0.2, 0.25) is 17.7 Å². The maximum atomic E-state index is 14.7. The lowest BCUT2D eigenvalue weighted by atomic mass is 9.86. The minimum Gasteiger partial charge on any atom is -0.618 e. The lowest BCUT2D eigenvalue weighted by molar-refractivity contribution is -0.621. The van der Waals surface area contributed by atoms with E-state index in [1.54, 1.807) is 0 Å². The molecule has 2 aromatic rings. The van der Waals surface area contributed by atoms with Gasteiger partial charge in [0, 0.05) is 31.6 Å². The number of alkyl halides is 5. The molecule has 0 aromatic carbocycles. The zero-order chi connectivity index (χ0) is 24.6. The standard InChI is InChI=1S/C20H20F6N4O3/c1-11(18(32)28-16-3-2-13(21)9-27-16)29-7-5-19(22,23)14(10-29)12-4-6-30(33)15(8-12)17(31)20(24,25)26/h2-4,6,8-9,11,14,17,31H,5,7,10H2,1H3,(H,27,28,32). The molecule has 13 heteroatoms. The highest BCUT2D eigenvalue weighted by molar-refractivity contribution is 5.93. The number of rotatable bonds is 5. The molecule has 0 bridgehead atoms. The van der Waals surface area contributed by atoms with Gasteiger partial charge in [-0.15, -0.1) is 0 Å². The number of aliphatic hydroxyl groups is 1. The molecule has 0 aliphatic carbocycles. The van der Waals surface area contributed by atoms with Gasteiger partial charge in [0.05, 0.1) is 18.2 Å². The zero-order valence-electron chi connectivity index (χ0n) is 17.2. The summed E-state index contributed by atoms with van der Waals surface area (Å²) in [4.78, 5) is 17.6. The van der Waals surface area contributed by atoms with Crippen LogP contribution >= 0.6 is 0 Å². The third kappa shape index (κ3) is 5.53. The Bertz CT molecular complexity index is 1000. The minimum absolute atomic E-state index is 0.0565. The van der Waals surface area contributed by atoms with Gasteiger partial charge in [-0.3, -0.25) is 9.69 Å². The summed E-state index contributed by atoms with van der Waals surface area (Å²) in [5.74, 6) is -6.12. The largest absolute Gasteiger partial charge is 0.618 e. The molecule has 2 aromatic heterocycles. The molecule has 2 N–H and O–H groups in total. The van der Waals surface area contributed by atoms with E-state index in [1.165, 1.54) is 17.9 Å². The Morgan fingerprint density at radius 1 is 1.36 bits per heavy atom. The van der Waals surface area contributed by atoms with Crippen LogP contribution in [0.15, 0.2) is 36.7 Å². The Balaban J connectivity index is 1.81. The number of aliphatic hydroxyl groups excluding tert-OH is 1. The number of anilines is 1. The van der Waals surface area contributed by atoms with E-state index in [9.17, 15) is 41.5 Å². The molecule has 3 unspecified atom stereocenters. The van der Waals surface area contributed by atoms with Gasteiger partial charge in [0.25, 0.3) is 5.92 Å². The number of nitrogens with zero attached hydrogens (tertiary/aromatic N) is 3. The number of aromatic nitrogens is 2. The maximum absolute atomic E-state index is 14.7. The summed E-state index contributed by atoms with van der Waals surface area (Å²) < 4.78 is 80.7. The van der Waals surface area contributed by atoms with Crippen molar-refractivity contribution in [2.24, 2.45) is 0 Å². The molecule has 33 heavy (non-hydrogen) atoms. The third-order valence-corrected chi connectivity index (χ3v) is 5.53. The van der Waals surface area contributed by atoms with Gasteiger partial charge in [0.15, 0.2) is 6.20 Å². The van der Waals surface area contributed by atoms with E-state index in [-0.39, 0.29) is 22.7 Å². The minimum atomic E-state index is -5.16. The zero-order valence-corrected chi connectivity index (χ0v) is 17.2. The number of nitrogens with one attached hydrogen (secondary N) is 1. The summed E-state index contributed by atoms with van der Waals surface area (Å²) in [6.45, 7) is 0.874. The monoisotopic (exact) mass is 478 g/mol. The lowest BCUT2D eigenvalue weighted by Gasteiger charge is -2.40. The van der Waals surface area contributed by atoms with E-state index < -0.39 is 60.5 Å². The molecule has 0 saturated carbocycles. The molecule has 1 saturated heterocycles. The van der Waals surface area contributed by atoms with Crippen molar-refractivity contribution in [3.63, 3.8) is 0 Å². The van der Waals surface area contributed by atoms with E-state index in [0.717, 1.165) is 18.3 Å². The molecular weight excluding hydrogens is 458 g/mol. The summed E-state index contributed by atoms with van der Waals surface area (Å²) in [6, 6.07) is 2.96. The van der Waals surface area contributed by atoms with E-state index >= 15 is 0 Å². The average Bonchev–Trinajstić information content (AvgIpc) is 2.74. The van der Waals surface area contributed by atoms with Crippen molar-refractivity contribution in [3.05, 3.63) is 58.9 Å². The molecule has 3 rings (SSSR count). The van der Waals surface area contributed by atoms with Gasteiger partial charge in [-0.1, -0.05) is 0 Å². The van der Waals surface area contributed by atoms with Crippen LogP contribution < -0.4 is 10.0 Å². The smallest absolute Gasteiger partial charge is 0.424 e. The predicted molar refractivity (Wildman–Crippen MR) is 103 cm³/mol. The van der Waals surface area contributed by atoms with Gasteiger partial charge < -0.3 is 15.6 Å². The number of hydrogen-bond donors (Lipinski definition) is 2. The second kappa shape index (κ2) is 9.14. The van der Waals surface area contributed by atoms with Gasteiger partial charge in [-0.25, -0.2) is 18.2 Å². The van der Waals surface area contributed by atoms with Crippen molar-refractivity contribution in [2.75, 3.05) is 18.4 Å². The Morgan fingerprint density at radius 3 is 2.67 bits per heavy atom. The third-order valence-electron chi connectivity index (χ3n) is 5.53. The molecule has 1 aliphatic rings. The van der Waals surface area contributed by atoms with Gasteiger partial charge in [-0.2, -0.15) is 17.9 Å². The predicted octanol–water partition coefficient (Wildman–Crippen LogP) is 2.90. The molecule has 7 nitrogen and oxygen atoms in total. The van der Waals surface area contributed by atoms with Crippen LogP contribution in [0.25, 0.3) is 0 Å². The van der Waals surface area contributed by atoms with Crippen LogP contribution in [0, 0.1) is 11.0 Å². The first kappa shape index (κ1) is 24.7. The second-order valence-electron chi connectivity index (χ2n) is 7.74. The van der Waals surface area contributed by atoms with Crippen molar-refractivity contribution >= 4 is 11.7 Å². The van der Waals surface area contributed by atoms with Crippen LogP contribution in [-0.4, -0.2) is 52.1 Å². The van der Waals surface area contributed by atoms with Crippen LogP contribution in [0.1, 0.15) is 36.6 Å². The summed E-state index contributed by atoms with van der Waals surface area (Å²) >= 11 is 0. The Hall–Kier alpha value is -2.93. The lowest BCUT2D eigenvalue weighted by Crippen LogP contribution is -2.52. The molecule has 3 atom stereocenters. The second-order valence-corrected chi connectivity index (χ2v) is 7.74. The number of carbonyl (C=O) groups excluding carboxylic acids is 1. The molecule has 1 aliphatic heterocycles. The molecule has 1 amide bonds. The Morgan fingerprint density at radius 2 is 2.06 bits per heavy atom. The maximum Gasteiger partial charge on any atom is 0.424 e.